The van der Waals surface area contributed by atoms with E-state index in [-0.39, 0.29) is 0 Å². The van der Waals surface area contributed by atoms with Crippen LogP contribution in [-0.4, -0.2) is 37.6 Å². The van der Waals surface area contributed by atoms with Gasteiger partial charge in [0.05, 0.1) is 0 Å². The fourth-order valence-electron chi connectivity index (χ4n) is 2.61. The van der Waals surface area contributed by atoms with Gasteiger partial charge < -0.3 is 10.2 Å². The highest BCUT2D eigenvalue weighted by atomic mass is 15.1. The topological polar surface area (TPSA) is 15.3 Å². The number of hydrogen-bond acceptors (Lipinski definition) is 2. The molecule has 0 aliphatic heterocycles. The summed E-state index contributed by atoms with van der Waals surface area (Å²) in [5.41, 5.74) is 0.412. The van der Waals surface area contributed by atoms with Gasteiger partial charge in [-0.25, -0.2) is 0 Å². The highest BCUT2D eigenvalue weighted by molar-refractivity contribution is 4.87. The quantitative estimate of drug-likeness (QED) is 0.714. The molecule has 2 nitrogen and oxygen atoms in total. The Morgan fingerprint density at radius 2 is 1.94 bits per heavy atom. The predicted molar refractivity (Wildman–Crippen MR) is 69.6 cm³/mol. The smallest absolute Gasteiger partial charge is 0.00684 e. The summed E-state index contributed by atoms with van der Waals surface area (Å²) in [6, 6.07) is 0.841. The summed E-state index contributed by atoms with van der Waals surface area (Å²) in [5, 5.41) is 3.65. The van der Waals surface area contributed by atoms with Gasteiger partial charge in [-0.15, -0.1) is 0 Å². The lowest BCUT2D eigenvalue weighted by Gasteiger charge is -2.30. The molecule has 0 saturated heterocycles. The van der Waals surface area contributed by atoms with Crippen molar-refractivity contribution in [2.24, 2.45) is 17.3 Å². The van der Waals surface area contributed by atoms with Crippen molar-refractivity contribution in [2.45, 2.75) is 46.1 Å². The third kappa shape index (κ3) is 4.06. The summed E-state index contributed by atoms with van der Waals surface area (Å²) < 4.78 is 0. The molecule has 0 heterocycles. The van der Waals surface area contributed by atoms with Crippen LogP contribution in [0.4, 0.5) is 0 Å². The zero-order chi connectivity index (χ0) is 11.8. The third-order valence-electron chi connectivity index (χ3n) is 3.97. The maximum atomic E-state index is 3.65. The number of nitrogens with one attached hydrogen (secondary N) is 1. The SMILES string of the molecule is CC1CC1CN(C)CC(C)(C)CNC1CC1. The van der Waals surface area contributed by atoms with E-state index in [0.717, 1.165) is 17.9 Å². The molecule has 2 unspecified atom stereocenters. The van der Waals surface area contributed by atoms with Crippen LogP contribution in [0.3, 0.4) is 0 Å². The molecular formula is C14H28N2. The first-order chi connectivity index (χ1) is 7.46. The lowest BCUT2D eigenvalue weighted by atomic mass is 9.92. The van der Waals surface area contributed by atoms with Gasteiger partial charge in [0, 0.05) is 25.7 Å². The summed E-state index contributed by atoms with van der Waals surface area (Å²) in [6.07, 6.45) is 4.24. The highest BCUT2D eigenvalue weighted by Crippen LogP contribution is 2.38. The lowest BCUT2D eigenvalue weighted by molar-refractivity contribution is 0.196. The minimum atomic E-state index is 0.412. The van der Waals surface area contributed by atoms with Crippen LogP contribution in [0.2, 0.25) is 0 Å². The molecule has 16 heavy (non-hydrogen) atoms. The fourth-order valence-corrected chi connectivity index (χ4v) is 2.61. The van der Waals surface area contributed by atoms with Gasteiger partial charge in [-0.3, -0.25) is 0 Å². The standard InChI is InChI=1S/C14H28N2/c1-11-7-12(11)8-16(4)10-14(2,3)9-15-13-5-6-13/h11-13,15H,5-10H2,1-4H3. The van der Waals surface area contributed by atoms with Crippen molar-refractivity contribution in [1.82, 2.24) is 10.2 Å². The van der Waals surface area contributed by atoms with Gasteiger partial charge in [0.2, 0.25) is 0 Å². The summed E-state index contributed by atoms with van der Waals surface area (Å²) in [6.45, 7) is 10.8. The fraction of sp³-hybridized carbons (Fsp3) is 1.00. The first kappa shape index (κ1) is 12.4. The summed E-state index contributed by atoms with van der Waals surface area (Å²) in [4.78, 5) is 2.53. The Bertz CT molecular complexity index is 233. The Kier molecular flexibility index (Phi) is 3.60. The number of hydrogen-bond donors (Lipinski definition) is 1. The Balaban J connectivity index is 1.64. The van der Waals surface area contributed by atoms with Crippen LogP contribution < -0.4 is 5.32 Å². The van der Waals surface area contributed by atoms with E-state index in [1.807, 2.05) is 0 Å². The van der Waals surface area contributed by atoms with E-state index in [1.165, 1.54) is 38.9 Å². The van der Waals surface area contributed by atoms with E-state index in [2.05, 4.69) is 38.0 Å². The maximum Gasteiger partial charge on any atom is 0.00684 e. The molecule has 0 aromatic heterocycles. The van der Waals surface area contributed by atoms with Gasteiger partial charge >= 0.3 is 0 Å². The molecule has 0 radical (unpaired) electrons. The van der Waals surface area contributed by atoms with Gasteiger partial charge in [-0.05, 0) is 43.6 Å². The summed E-state index contributed by atoms with van der Waals surface area (Å²) in [7, 11) is 2.28. The van der Waals surface area contributed by atoms with Gasteiger partial charge in [0.15, 0.2) is 0 Å². The maximum absolute atomic E-state index is 3.65. The third-order valence-corrected chi connectivity index (χ3v) is 3.97. The molecule has 0 bridgehead atoms. The van der Waals surface area contributed by atoms with Crippen molar-refractivity contribution in [2.75, 3.05) is 26.7 Å². The van der Waals surface area contributed by atoms with Crippen LogP contribution in [0.15, 0.2) is 0 Å². The van der Waals surface area contributed by atoms with Gasteiger partial charge in [-0.1, -0.05) is 20.8 Å². The Labute approximate surface area is 101 Å². The van der Waals surface area contributed by atoms with Crippen molar-refractivity contribution in [3.63, 3.8) is 0 Å². The van der Waals surface area contributed by atoms with E-state index in [1.54, 1.807) is 0 Å². The predicted octanol–water partition coefficient (Wildman–Crippen LogP) is 2.35. The van der Waals surface area contributed by atoms with E-state index >= 15 is 0 Å². The Morgan fingerprint density at radius 1 is 1.31 bits per heavy atom. The van der Waals surface area contributed by atoms with Crippen LogP contribution in [-0.2, 0) is 0 Å². The van der Waals surface area contributed by atoms with E-state index in [4.69, 9.17) is 0 Å². The van der Waals surface area contributed by atoms with Crippen molar-refractivity contribution >= 4 is 0 Å². The minimum absolute atomic E-state index is 0.412. The van der Waals surface area contributed by atoms with E-state index in [0.29, 0.717) is 5.41 Å². The van der Waals surface area contributed by atoms with Crippen LogP contribution in [0, 0.1) is 17.3 Å². The molecule has 0 amide bonds. The molecule has 2 aliphatic rings. The van der Waals surface area contributed by atoms with Crippen molar-refractivity contribution in [3.8, 4) is 0 Å². The molecule has 2 fully saturated rings. The first-order valence-corrected chi connectivity index (χ1v) is 6.88. The zero-order valence-electron chi connectivity index (χ0n) is 11.4. The van der Waals surface area contributed by atoms with Gasteiger partial charge in [-0.2, -0.15) is 0 Å². The Morgan fingerprint density at radius 3 is 2.44 bits per heavy atom. The summed E-state index contributed by atoms with van der Waals surface area (Å²) in [5.74, 6) is 1.97. The molecule has 2 saturated carbocycles. The van der Waals surface area contributed by atoms with Crippen molar-refractivity contribution in [1.29, 1.82) is 0 Å². The second-order valence-electron chi connectivity index (χ2n) is 6.99. The molecule has 1 N–H and O–H groups in total. The second kappa shape index (κ2) is 4.66. The second-order valence-corrected chi connectivity index (χ2v) is 6.99. The van der Waals surface area contributed by atoms with Crippen molar-refractivity contribution in [3.05, 3.63) is 0 Å². The summed E-state index contributed by atoms with van der Waals surface area (Å²) >= 11 is 0. The molecule has 2 heteroatoms. The van der Waals surface area contributed by atoms with Gasteiger partial charge in [0.25, 0.3) is 0 Å². The average Bonchev–Trinajstić information content (AvgIpc) is 3.01. The lowest BCUT2D eigenvalue weighted by Crippen LogP contribution is -2.40. The van der Waals surface area contributed by atoms with Crippen LogP contribution >= 0.6 is 0 Å². The Hall–Kier alpha value is -0.0800. The van der Waals surface area contributed by atoms with Crippen molar-refractivity contribution < 1.29 is 0 Å². The van der Waals surface area contributed by atoms with Crippen LogP contribution in [0.5, 0.6) is 0 Å². The molecule has 2 rings (SSSR count). The highest BCUT2D eigenvalue weighted by Gasteiger charge is 2.34. The number of rotatable bonds is 7. The van der Waals surface area contributed by atoms with Gasteiger partial charge in [0.1, 0.15) is 0 Å². The molecule has 2 aliphatic carbocycles. The molecule has 0 aromatic rings. The van der Waals surface area contributed by atoms with E-state index < -0.39 is 0 Å². The first-order valence-electron chi connectivity index (χ1n) is 6.88. The van der Waals surface area contributed by atoms with E-state index in [9.17, 15) is 0 Å². The molecule has 2 atom stereocenters. The number of nitrogens with zero attached hydrogens (tertiary/aromatic N) is 1. The average molecular weight is 224 g/mol. The minimum Gasteiger partial charge on any atom is -0.313 e. The van der Waals surface area contributed by atoms with Crippen LogP contribution in [0.1, 0.15) is 40.0 Å². The zero-order valence-corrected chi connectivity index (χ0v) is 11.4. The molecule has 0 aromatic carbocycles. The normalized spacial score (nSPS) is 29.8. The van der Waals surface area contributed by atoms with Crippen LogP contribution in [0.25, 0.3) is 0 Å². The monoisotopic (exact) mass is 224 g/mol. The molecular weight excluding hydrogens is 196 g/mol. The largest absolute Gasteiger partial charge is 0.313 e. The molecule has 94 valence electrons. The molecule has 0 spiro atoms.